The number of carbonyl (C=O) groups excluding carboxylic acids is 1. The van der Waals surface area contributed by atoms with E-state index in [0.717, 1.165) is 12.2 Å². The highest BCUT2D eigenvalue weighted by molar-refractivity contribution is 5.94. The summed E-state index contributed by atoms with van der Waals surface area (Å²) in [5.74, 6) is -1.80. The maximum atomic E-state index is 13.2. The topological polar surface area (TPSA) is 75.6 Å². The van der Waals surface area contributed by atoms with Gasteiger partial charge in [-0.1, -0.05) is 0 Å². The van der Waals surface area contributed by atoms with E-state index in [2.05, 4.69) is 5.32 Å². The highest BCUT2D eigenvalue weighted by Gasteiger charge is 2.14. The SMILES string of the molecule is COc1ccc(F)cc1C(C)NC(=O)/C=C/C(=O)O. The highest BCUT2D eigenvalue weighted by Crippen LogP contribution is 2.25. The van der Waals surface area contributed by atoms with Crippen LogP contribution in [0, 0.1) is 5.82 Å². The van der Waals surface area contributed by atoms with Crippen LogP contribution in [-0.4, -0.2) is 24.1 Å². The lowest BCUT2D eigenvalue weighted by Gasteiger charge is -2.16. The number of ether oxygens (including phenoxy) is 1. The maximum Gasteiger partial charge on any atom is 0.328 e. The number of carboxylic acid groups (broad SMARTS) is 1. The molecule has 6 heteroatoms. The van der Waals surface area contributed by atoms with Gasteiger partial charge < -0.3 is 15.2 Å². The van der Waals surface area contributed by atoms with E-state index in [1.54, 1.807) is 6.92 Å². The van der Waals surface area contributed by atoms with Crippen molar-refractivity contribution in [3.8, 4) is 5.75 Å². The van der Waals surface area contributed by atoms with Gasteiger partial charge in [-0.25, -0.2) is 9.18 Å². The molecule has 1 unspecified atom stereocenters. The van der Waals surface area contributed by atoms with Crippen molar-refractivity contribution in [1.82, 2.24) is 5.32 Å². The molecular weight excluding hydrogens is 253 g/mol. The summed E-state index contributed by atoms with van der Waals surface area (Å²) in [6.45, 7) is 1.64. The van der Waals surface area contributed by atoms with Gasteiger partial charge in [-0.3, -0.25) is 4.79 Å². The zero-order valence-electron chi connectivity index (χ0n) is 10.5. The van der Waals surface area contributed by atoms with Crippen molar-refractivity contribution in [1.29, 1.82) is 0 Å². The van der Waals surface area contributed by atoms with E-state index in [1.165, 1.54) is 25.3 Å². The summed E-state index contributed by atoms with van der Waals surface area (Å²) in [5.41, 5.74) is 0.472. The van der Waals surface area contributed by atoms with Crippen LogP contribution in [0.1, 0.15) is 18.5 Å². The van der Waals surface area contributed by atoms with Gasteiger partial charge in [0.2, 0.25) is 5.91 Å². The average Bonchev–Trinajstić information content (AvgIpc) is 2.36. The van der Waals surface area contributed by atoms with Gasteiger partial charge in [-0.15, -0.1) is 0 Å². The summed E-state index contributed by atoms with van der Waals surface area (Å²) in [4.78, 5) is 21.7. The first kappa shape index (κ1) is 14.7. The third-order valence-corrected chi connectivity index (χ3v) is 2.39. The molecule has 0 aliphatic carbocycles. The van der Waals surface area contributed by atoms with Gasteiger partial charge in [0.15, 0.2) is 0 Å². The average molecular weight is 267 g/mol. The van der Waals surface area contributed by atoms with E-state index < -0.39 is 23.7 Å². The quantitative estimate of drug-likeness (QED) is 0.795. The molecule has 0 saturated heterocycles. The fourth-order valence-electron chi connectivity index (χ4n) is 1.53. The lowest BCUT2D eigenvalue weighted by Crippen LogP contribution is -2.25. The van der Waals surface area contributed by atoms with Gasteiger partial charge in [0, 0.05) is 17.7 Å². The Morgan fingerprint density at radius 2 is 2.11 bits per heavy atom. The molecule has 1 aromatic rings. The number of amides is 1. The van der Waals surface area contributed by atoms with Crippen LogP contribution in [0.25, 0.3) is 0 Å². The van der Waals surface area contributed by atoms with Gasteiger partial charge in [-0.2, -0.15) is 0 Å². The number of carbonyl (C=O) groups is 2. The predicted octanol–water partition coefficient (Wildman–Crippen LogP) is 1.65. The highest BCUT2D eigenvalue weighted by atomic mass is 19.1. The minimum absolute atomic E-state index is 0.441. The minimum Gasteiger partial charge on any atom is -0.496 e. The molecule has 19 heavy (non-hydrogen) atoms. The van der Waals surface area contributed by atoms with Crippen LogP contribution >= 0.6 is 0 Å². The first-order valence-corrected chi connectivity index (χ1v) is 5.49. The van der Waals surface area contributed by atoms with Crippen LogP contribution in [-0.2, 0) is 9.59 Å². The number of nitrogens with one attached hydrogen (secondary N) is 1. The monoisotopic (exact) mass is 267 g/mol. The van der Waals surface area contributed by atoms with Gasteiger partial charge in [0.05, 0.1) is 13.2 Å². The maximum absolute atomic E-state index is 13.2. The van der Waals surface area contributed by atoms with Crippen LogP contribution < -0.4 is 10.1 Å². The number of carboxylic acids is 1. The zero-order chi connectivity index (χ0) is 14.4. The molecule has 2 N–H and O–H groups in total. The van der Waals surface area contributed by atoms with E-state index >= 15 is 0 Å². The molecule has 0 spiro atoms. The Kier molecular flexibility index (Phi) is 5.05. The second kappa shape index (κ2) is 6.53. The zero-order valence-corrected chi connectivity index (χ0v) is 10.5. The van der Waals surface area contributed by atoms with Crippen molar-refractivity contribution < 1.29 is 23.8 Å². The predicted molar refractivity (Wildman–Crippen MR) is 66.3 cm³/mol. The van der Waals surface area contributed by atoms with Gasteiger partial charge in [0.1, 0.15) is 11.6 Å². The summed E-state index contributed by atoms with van der Waals surface area (Å²) in [5, 5.41) is 10.9. The summed E-state index contributed by atoms with van der Waals surface area (Å²) >= 11 is 0. The molecule has 0 bridgehead atoms. The normalized spacial score (nSPS) is 12.2. The molecule has 1 rings (SSSR count). The van der Waals surface area contributed by atoms with E-state index in [9.17, 15) is 14.0 Å². The Bertz CT molecular complexity index is 513. The lowest BCUT2D eigenvalue weighted by molar-refractivity contribution is -0.131. The number of methoxy groups -OCH3 is 1. The summed E-state index contributed by atoms with van der Waals surface area (Å²) < 4.78 is 18.2. The lowest BCUT2D eigenvalue weighted by atomic mass is 10.1. The fourth-order valence-corrected chi connectivity index (χ4v) is 1.53. The molecule has 1 aromatic carbocycles. The van der Waals surface area contributed by atoms with Gasteiger partial charge >= 0.3 is 5.97 Å². The van der Waals surface area contributed by atoms with Crippen molar-refractivity contribution in [3.63, 3.8) is 0 Å². The van der Waals surface area contributed by atoms with Crippen molar-refractivity contribution >= 4 is 11.9 Å². The molecule has 0 radical (unpaired) electrons. The van der Waals surface area contributed by atoms with Crippen molar-refractivity contribution in [2.24, 2.45) is 0 Å². The first-order chi connectivity index (χ1) is 8.93. The molecule has 0 aromatic heterocycles. The fraction of sp³-hybridized carbons (Fsp3) is 0.231. The van der Waals surface area contributed by atoms with Crippen LogP contribution in [0.5, 0.6) is 5.75 Å². The van der Waals surface area contributed by atoms with Crippen LogP contribution in [0.2, 0.25) is 0 Å². The van der Waals surface area contributed by atoms with Crippen LogP contribution in [0.15, 0.2) is 30.4 Å². The Morgan fingerprint density at radius 3 is 2.68 bits per heavy atom. The van der Waals surface area contributed by atoms with Gasteiger partial charge in [-0.05, 0) is 25.1 Å². The summed E-state index contributed by atoms with van der Waals surface area (Å²) in [7, 11) is 1.44. The van der Waals surface area contributed by atoms with E-state index in [-0.39, 0.29) is 0 Å². The molecule has 1 amide bonds. The Labute approximate surface area is 109 Å². The number of aliphatic carboxylic acids is 1. The summed E-state index contributed by atoms with van der Waals surface area (Å²) in [6, 6.07) is 3.45. The van der Waals surface area contributed by atoms with Gasteiger partial charge in [0.25, 0.3) is 0 Å². The Hall–Kier alpha value is -2.37. The van der Waals surface area contributed by atoms with E-state index in [4.69, 9.17) is 9.84 Å². The molecule has 0 heterocycles. The largest absolute Gasteiger partial charge is 0.496 e. The molecule has 5 nitrogen and oxygen atoms in total. The molecule has 0 aliphatic heterocycles. The second-order valence-electron chi connectivity index (χ2n) is 3.79. The van der Waals surface area contributed by atoms with Crippen LogP contribution in [0.3, 0.4) is 0 Å². The van der Waals surface area contributed by atoms with Crippen molar-refractivity contribution in [2.75, 3.05) is 7.11 Å². The third-order valence-electron chi connectivity index (χ3n) is 2.39. The Morgan fingerprint density at radius 1 is 1.42 bits per heavy atom. The number of hydrogen-bond acceptors (Lipinski definition) is 3. The molecule has 0 fully saturated rings. The molecule has 0 saturated carbocycles. The summed E-state index contributed by atoms with van der Waals surface area (Å²) in [6.07, 6.45) is 1.62. The van der Waals surface area contributed by atoms with Crippen molar-refractivity contribution in [2.45, 2.75) is 13.0 Å². The number of halogens is 1. The molecule has 102 valence electrons. The molecular formula is C13H14FNO4. The molecule has 1 atom stereocenters. The van der Waals surface area contributed by atoms with Crippen LogP contribution in [0.4, 0.5) is 4.39 Å². The number of benzene rings is 1. The first-order valence-electron chi connectivity index (χ1n) is 5.49. The number of hydrogen-bond donors (Lipinski definition) is 2. The smallest absolute Gasteiger partial charge is 0.328 e. The minimum atomic E-state index is -1.22. The Balaban J connectivity index is 2.83. The van der Waals surface area contributed by atoms with Crippen molar-refractivity contribution in [3.05, 3.63) is 41.7 Å². The second-order valence-corrected chi connectivity index (χ2v) is 3.79. The van der Waals surface area contributed by atoms with E-state index in [0.29, 0.717) is 11.3 Å². The third kappa shape index (κ3) is 4.42. The number of rotatable bonds is 5. The van der Waals surface area contributed by atoms with E-state index in [1.807, 2.05) is 0 Å². The standard InChI is InChI=1S/C13H14FNO4/c1-8(15-12(16)5-6-13(17)18)10-7-9(14)3-4-11(10)19-2/h3-8H,1-2H3,(H,15,16)(H,17,18)/b6-5+. The molecule has 0 aliphatic rings.